The lowest BCUT2D eigenvalue weighted by Crippen LogP contribution is -2.45. The van der Waals surface area contributed by atoms with Gasteiger partial charge in [-0.3, -0.25) is 14.7 Å². The normalized spacial score (nSPS) is 14.0. The molecule has 0 radical (unpaired) electrons. The van der Waals surface area contributed by atoms with Crippen molar-refractivity contribution in [3.05, 3.63) is 114 Å². The standard InChI is InChI=1S/C34H37FN4O3/c1-38-15-17-39(18-16-38)19-20-41-30-13-14-31(32(35)22-30)27-11-12-29(36-23-27)21-34(40)37-24-28-9-5-6-10-33(28)42-25-26-7-3-2-4-8-26/h2-14,22-23H,15-21,24-25H2,1H3,(H,37,40). The number of hydrogen-bond acceptors (Lipinski definition) is 6. The van der Waals surface area contributed by atoms with Gasteiger partial charge in [0.05, 0.1) is 6.42 Å². The van der Waals surface area contributed by atoms with Gasteiger partial charge in [-0.1, -0.05) is 54.6 Å². The van der Waals surface area contributed by atoms with Crippen molar-refractivity contribution >= 4 is 5.91 Å². The van der Waals surface area contributed by atoms with Crippen LogP contribution in [0.2, 0.25) is 0 Å². The number of carbonyl (C=O) groups excluding carboxylic acids is 1. The molecule has 0 aliphatic carbocycles. The Hall–Kier alpha value is -4.27. The Morgan fingerprint density at radius 2 is 1.71 bits per heavy atom. The van der Waals surface area contributed by atoms with Crippen LogP contribution in [0.15, 0.2) is 91.1 Å². The minimum Gasteiger partial charge on any atom is -0.492 e. The summed E-state index contributed by atoms with van der Waals surface area (Å²) in [6, 6.07) is 26.1. The molecule has 3 aromatic carbocycles. The van der Waals surface area contributed by atoms with Crippen LogP contribution in [-0.4, -0.2) is 67.1 Å². The Morgan fingerprint density at radius 1 is 0.929 bits per heavy atom. The molecule has 2 heterocycles. The van der Waals surface area contributed by atoms with E-state index in [0.717, 1.165) is 49.6 Å². The lowest BCUT2D eigenvalue weighted by Gasteiger charge is -2.32. The van der Waals surface area contributed by atoms with Gasteiger partial charge in [-0.05, 0) is 36.9 Å². The highest BCUT2D eigenvalue weighted by Gasteiger charge is 2.14. The first-order valence-electron chi connectivity index (χ1n) is 14.3. The second-order valence-electron chi connectivity index (χ2n) is 10.5. The summed E-state index contributed by atoms with van der Waals surface area (Å²) in [7, 11) is 2.13. The van der Waals surface area contributed by atoms with E-state index in [1.807, 2.05) is 54.6 Å². The number of nitrogens with one attached hydrogen (secondary N) is 1. The van der Waals surface area contributed by atoms with Gasteiger partial charge in [0.15, 0.2) is 0 Å². The van der Waals surface area contributed by atoms with Gasteiger partial charge in [-0.2, -0.15) is 0 Å². The molecule has 8 heteroatoms. The van der Waals surface area contributed by atoms with Gasteiger partial charge in [0, 0.05) is 73.9 Å². The summed E-state index contributed by atoms with van der Waals surface area (Å²) >= 11 is 0. The van der Waals surface area contributed by atoms with E-state index in [4.69, 9.17) is 9.47 Å². The topological polar surface area (TPSA) is 66.9 Å². The van der Waals surface area contributed by atoms with E-state index in [1.165, 1.54) is 6.07 Å². The highest BCUT2D eigenvalue weighted by molar-refractivity contribution is 5.78. The summed E-state index contributed by atoms with van der Waals surface area (Å²) in [5.74, 6) is 0.723. The number of carbonyl (C=O) groups is 1. The molecule has 0 atom stereocenters. The van der Waals surface area contributed by atoms with Crippen LogP contribution in [0.1, 0.15) is 16.8 Å². The number of benzene rings is 3. The molecular weight excluding hydrogens is 531 g/mol. The highest BCUT2D eigenvalue weighted by Crippen LogP contribution is 2.26. The maximum atomic E-state index is 14.9. The van der Waals surface area contributed by atoms with Gasteiger partial charge in [-0.25, -0.2) is 4.39 Å². The molecular formula is C34H37FN4O3. The SMILES string of the molecule is CN1CCN(CCOc2ccc(-c3ccc(CC(=O)NCc4ccccc4OCc4ccccc4)nc3)c(F)c2)CC1. The Bertz CT molecular complexity index is 1440. The van der Waals surface area contributed by atoms with E-state index in [0.29, 0.717) is 42.3 Å². The number of hydrogen-bond donors (Lipinski definition) is 1. The van der Waals surface area contributed by atoms with Crippen LogP contribution < -0.4 is 14.8 Å². The summed E-state index contributed by atoms with van der Waals surface area (Å²) in [4.78, 5) is 21.7. The summed E-state index contributed by atoms with van der Waals surface area (Å²) in [6.07, 6.45) is 1.72. The third-order valence-corrected chi connectivity index (χ3v) is 7.38. The van der Waals surface area contributed by atoms with Crippen LogP contribution in [-0.2, 0) is 24.4 Å². The van der Waals surface area contributed by atoms with E-state index < -0.39 is 0 Å². The maximum absolute atomic E-state index is 14.9. The molecule has 0 unspecified atom stereocenters. The third-order valence-electron chi connectivity index (χ3n) is 7.38. The fourth-order valence-corrected chi connectivity index (χ4v) is 4.82. The second-order valence-corrected chi connectivity index (χ2v) is 10.5. The number of piperazine rings is 1. The number of ether oxygens (including phenoxy) is 2. The highest BCUT2D eigenvalue weighted by atomic mass is 19.1. The summed E-state index contributed by atoms with van der Waals surface area (Å²) in [6.45, 7) is 6.30. The molecule has 1 saturated heterocycles. The fourth-order valence-electron chi connectivity index (χ4n) is 4.82. The van der Waals surface area contributed by atoms with Gasteiger partial charge in [-0.15, -0.1) is 0 Å². The van der Waals surface area contributed by atoms with Gasteiger partial charge in [0.1, 0.15) is 30.5 Å². The lowest BCUT2D eigenvalue weighted by molar-refractivity contribution is -0.120. The number of amides is 1. The smallest absolute Gasteiger partial charge is 0.226 e. The van der Waals surface area contributed by atoms with Crippen molar-refractivity contribution in [2.75, 3.05) is 46.4 Å². The summed E-state index contributed by atoms with van der Waals surface area (Å²) < 4.78 is 26.7. The maximum Gasteiger partial charge on any atom is 0.226 e. The monoisotopic (exact) mass is 568 g/mol. The summed E-state index contributed by atoms with van der Waals surface area (Å²) in [5, 5.41) is 2.95. The molecule has 1 amide bonds. The van der Waals surface area contributed by atoms with Crippen LogP contribution in [0.3, 0.4) is 0 Å². The first-order valence-corrected chi connectivity index (χ1v) is 14.3. The van der Waals surface area contributed by atoms with Gasteiger partial charge in [0.25, 0.3) is 0 Å². The lowest BCUT2D eigenvalue weighted by atomic mass is 10.1. The molecule has 1 aliphatic heterocycles. The Balaban J connectivity index is 1.09. The molecule has 1 N–H and O–H groups in total. The minimum atomic E-state index is -0.368. The molecule has 1 aromatic heterocycles. The number of aromatic nitrogens is 1. The largest absolute Gasteiger partial charge is 0.492 e. The Morgan fingerprint density at radius 3 is 2.48 bits per heavy atom. The molecule has 1 aliphatic rings. The van der Waals surface area contributed by atoms with Gasteiger partial charge < -0.3 is 19.7 Å². The van der Waals surface area contributed by atoms with Crippen LogP contribution in [0, 0.1) is 5.82 Å². The van der Waals surface area contributed by atoms with Crippen LogP contribution in [0.25, 0.3) is 11.1 Å². The number of rotatable bonds is 12. The average molecular weight is 569 g/mol. The van der Waals surface area contributed by atoms with E-state index in [1.54, 1.807) is 30.5 Å². The van der Waals surface area contributed by atoms with Crippen LogP contribution in [0.5, 0.6) is 11.5 Å². The minimum absolute atomic E-state index is 0.121. The van der Waals surface area contributed by atoms with E-state index in [-0.39, 0.29) is 18.1 Å². The zero-order chi connectivity index (χ0) is 29.1. The Kier molecular flexibility index (Phi) is 10.1. The molecule has 5 rings (SSSR count). The van der Waals surface area contributed by atoms with Crippen LogP contribution >= 0.6 is 0 Å². The number of pyridine rings is 1. The molecule has 0 saturated carbocycles. The second kappa shape index (κ2) is 14.6. The number of para-hydroxylation sites is 1. The number of nitrogens with zero attached hydrogens (tertiary/aromatic N) is 3. The number of likely N-dealkylation sites (N-methyl/N-ethyl adjacent to an activating group) is 1. The molecule has 0 spiro atoms. The fraction of sp³-hybridized carbons (Fsp3) is 0.294. The van der Waals surface area contributed by atoms with E-state index in [2.05, 4.69) is 27.1 Å². The van der Waals surface area contributed by atoms with Gasteiger partial charge in [0.2, 0.25) is 5.91 Å². The number of halogens is 1. The Labute approximate surface area is 246 Å². The molecule has 218 valence electrons. The first-order chi connectivity index (χ1) is 20.5. The molecule has 0 bridgehead atoms. The van der Waals surface area contributed by atoms with E-state index in [9.17, 15) is 9.18 Å². The predicted molar refractivity (Wildman–Crippen MR) is 162 cm³/mol. The van der Waals surface area contributed by atoms with Crippen molar-refractivity contribution in [3.63, 3.8) is 0 Å². The predicted octanol–water partition coefficient (Wildman–Crippen LogP) is 4.95. The van der Waals surface area contributed by atoms with Crippen molar-refractivity contribution in [2.45, 2.75) is 19.6 Å². The zero-order valence-electron chi connectivity index (χ0n) is 24.0. The van der Waals surface area contributed by atoms with Crippen LogP contribution in [0.4, 0.5) is 4.39 Å². The van der Waals surface area contributed by atoms with E-state index >= 15 is 0 Å². The molecule has 7 nitrogen and oxygen atoms in total. The van der Waals surface area contributed by atoms with Gasteiger partial charge >= 0.3 is 0 Å². The van der Waals surface area contributed by atoms with Crippen molar-refractivity contribution in [1.82, 2.24) is 20.1 Å². The average Bonchev–Trinajstić information content (AvgIpc) is 3.01. The quantitative estimate of drug-likeness (QED) is 0.261. The third kappa shape index (κ3) is 8.38. The molecule has 1 fully saturated rings. The first kappa shape index (κ1) is 29.2. The van der Waals surface area contributed by atoms with Crippen molar-refractivity contribution in [2.24, 2.45) is 0 Å². The molecule has 42 heavy (non-hydrogen) atoms. The van der Waals surface area contributed by atoms with Crippen molar-refractivity contribution in [3.8, 4) is 22.6 Å². The zero-order valence-corrected chi connectivity index (χ0v) is 24.0. The molecule has 4 aromatic rings. The summed E-state index contributed by atoms with van der Waals surface area (Å²) in [5.41, 5.74) is 3.66. The van der Waals surface area contributed by atoms with Crippen molar-refractivity contribution < 1.29 is 18.7 Å². The van der Waals surface area contributed by atoms with Crippen molar-refractivity contribution in [1.29, 1.82) is 0 Å².